The molecule has 0 bridgehead atoms. The van der Waals surface area contributed by atoms with E-state index in [-0.39, 0.29) is 11.1 Å². The van der Waals surface area contributed by atoms with Gasteiger partial charge in [0.25, 0.3) is 0 Å². The molecule has 2 heteroatoms. The first-order valence-corrected chi connectivity index (χ1v) is 13.3. The van der Waals surface area contributed by atoms with E-state index in [1.165, 1.54) is 62.5 Å². The lowest BCUT2D eigenvalue weighted by atomic mass is 10.0. The van der Waals surface area contributed by atoms with Crippen LogP contribution in [0.2, 0.25) is 0 Å². The van der Waals surface area contributed by atoms with Crippen LogP contribution in [0.5, 0.6) is 0 Å². The van der Waals surface area contributed by atoms with Gasteiger partial charge in [0.2, 0.25) is 0 Å². The molecule has 0 fully saturated rings. The summed E-state index contributed by atoms with van der Waals surface area (Å²) in [5.74, 6) is 10.2. The molecule has 0 spiro atoms. The van der Waals surface area contributed by atoms with Gasteiger partial charge >= 0.3 is 0 Å². The van der Waals surface area contributed by atoms with Crippen molar-refractivity contribution in [3.8, 4) is 23.7 Å². The summed E-state index contributed by atoms with van der Waals surface area (Å²) >= 11 is 0. The third-order valence-electron chi connectivity index (χ3n) is 6.37. The predicted molar refractivity (Wildman–Crippen MR) is 147 cm³/mol. The molecule has 3 rings (SSSR count). The molecule has 0 unspecified atom stereocenters. The topological polar surface area (TPSA) is 0 Å². The minimum Gasteiger partial charge on any atom is -0.206 e. The molecular formula is C34H36F2. The average Bonchev–Trinajstić information content (AvgIpc) is 2.90. The first-order valence-electron chi connectivity index (χ1n) is 13.3. The normalized spacial score (nSPS) is 10.3. The van der Waals surface area contributed by atoms with Crippen LogP contribution in [-0.2, 0) is 12.8 Å². The molecular weight excluding hydrogens is 446 g/mol. The monoisotopic (exact) mass is 482 g/mol. The van der Waals surface area contributed by atoms with Crippen molar-refractivity contribution in [2.24, 2.45) is 0 Å². The Bertz CT molecular complexity index is 1210. The lowest BCUT2D eigenvalue weighted by Gasteiger charge is -2.03. The Kier molecular flexibility index (Phi) is 11.3. The third kappa shape index (κ3) is 9.02. The maximum Gasteiger partial charge on any atom is 0.140 e. The van der Waals surface area contributed by atoms with Crippen molar-refractivity contribution in [1.29, 1.82) is 0 Å². The third-order valence-corrected chi connectivity index (χ3v) is 6.37. The van der Waals surface area contributed by atoms with E-state index in [0.717, 1.165) is 36.1 Å². The highest BCUT2D eigenvalue weighted by Crippen LogP contribution is 2.15. The second-order valence-electron chi connectivity index (χ2n) is 9.28. The molecule has 0 saturated carbocycles. The van der Waals surface area contributed by atoms with Crippen molar-refractivity contribution in [2.45, 2.75) is 78.1 Å². The van der Waals surface area contributed by atoms with Crippen LogP contribution < -0.4 is 0 Å². The van der Waals surface area contributed by atoms with Gasteiger partial charge in [-0.15, -0.1) is 0 Å². The van der Waals surface area contributed by atoms with Crippen molar-refractivity contribution in [1.82, 2.24) is 0 Å². The van der Waals surface area contributed by atoms with Gasteiger partial charge in [-0.2, -0.15) is 0 Å². The van der Waals surface area contributed by atoms with Gasteiger partial charge in [-0.05, 0) is 66.8 Å². The van der Waals surface area contributed by atoms with Crippen LogP contribution in [-0.4, -0.2) is 0 Å². The van der Waals surface area contributed by atoms with Crippen LogP contribution in [0.4, 0.5) is 8.78 Å². The van der Waals surface area contributed by atoms with Gasteiger partial charge in [-0.3, -0.25) is 0 Å². The van der Waals surface area contributed by atoms with Crippen LogP contribution in [0.1, 0.15) is 98.6 Å². The molecule has 0 aromatic heterocycles. The lowest BCUT2D eigenvalue weighted by Crippen LogP contribution is -1.92. The summed E-state index contributed by atoms with van der Waals surface area (Å²) in [6, 6.07) is 18.1. The number of aryl methyl sites for hydroxylation is 2. The highest BCUT2D eigenvalue weighted by atomic mass is 19.1. The fraction of sp³-hybridized carbons (Fsp3) is 0.353. The van der Waals surface area contributed by atoms with E-state index in [2.05, 4.69) is 49.7 Å². The van der Waals surface area contributed by atoms with E-state index in [1.807, 2.05) is 36.4 Å². The second kappa shape index (κ2) is 14.9. The summed E-state index contributed by atoms with van der Waals surface area (Å²) in [5, 5.41) is 0. The van der Waals surface area contributed by atoms with E-state index in [4.69, 9.17) is 0 Å². The molecule has 0 nitrogen and oxygen atoms in total. The molecule has 3 aromatic rings. The fourth-order valence-corrected chi connectivity index (χ4v) is 4.06. The fourth-order valence-electron chi connectivity index (χ4n) is 4.06. The summed E-state index contributed by atoms with van der Waals surface area (Å²) < 4.78 is 29.1. The Hall–Kier alpha value is -3.36. The van der Waals surface area contributed by atoms with Gasteiger partial charge in [-0.1, -0.05) is 107 Å². The highest BCUT2D eigenvalue weighted by Gasteiger charge is 2.07. The Balaban J connectivity index is 1.54. The van der Waals surface area contributed by atoms with Crippen molar-refractivity contribution >= 4 is 0 Å². The summed E-state index contributed by atoms with van der Waals surface area (Å²) in [4.78, 5) is 0. The number of hydrogen-bond acceptors (Lipinski definition) is 0. The number of halogens is 2. The van der Waals surface area contributed by atoms with E-state index >= 15 is 0 Å². The van der Waals surface area contributed by atoms with E-state index in [0.29, 0.717) is 0 Å². The maximum atomic E-state index is 14.6. The zero-order valence-corrected chi connectivity index (χ0v) is 21.6. The molecule has 0 heterocycles. The average molecular weight is 483 g/mol. The summed E-state index contributed by atoms with van der Waals surface area (Å²) in [6.45, 7) is 4.33. The van der Waals surface area contributed by atoms with Gasteiger partial charge in [0.05, 0.1) is 11.1 Å². The SMILES string of the molecule is CCCCCCCCCCc1ccc(C#Cc2cc(F)c(C#Cc3ccc(CC)cc3)cc2F)cc1. The molecule has 0 aliphatic rings. The van der Waals surface area contributed by atoms with Crippen LogP contribution >= 0.6 is 0 Å². The molecule has 0 saturated heterocycles. The molecule has 0 radical (unpaired) electrons. The van der Waals surface area contributed by atoms with Crippen molar-refractivity contribution in [3.63, 3.8) is 0 Å². The largest absolute Gasteiger partial charge is 0.206 e. The molecule has 0 amide bonds. The Morgan fingerprint density at radius 1 is 0.528 bits per heavy atom. The first kappa shape index (κ1) is 27.2. The van der Waals surface area contributed by atoms with Crippen molar-refractivity contribution in [3.05, 3.63) is 106 Å². The molecule has 0 aliphatic heterocycles. The van der Waals surface area contributed by atoms with Crippen LogP contribution in [0.3, 0.4) is 0 Å². The van der Waals surface area contributed by atoms with Gasteiger partial charge < -0.3 is 0 Å². The van der Waals surface area contributed by atoms with E-state index < -0.39 is 11.6 Å². The quantitative estimate of drug-likeness (QED) is 0.200. The zero-order valence-electron chi connectivity index (χ0n) is 21.6. The van der Waals surface area contributed by atoms with Gasteiger partial charge in [-0.25, -0.2) is 8.78 Å². The Morgan fingerprint density at radius 3 is 1.44 bits per heavy atom. The number of rotatable bonds is 10. The van der Waals surface area contributed by atoms with Crippen molar-refractivity contribution in [2.75, 3.05) is 0 Å². The van der Waals surface area contributed by atoms with Gasteiger partial charge in [0.15, 0.2) is 0 Å². The predicted octanol–water partition coefficient (Wildman–Crippen LogP) is 9.01. The molecule has 0 atom stereocenters. The van der Waals surface area contributed by atoms with E-state index in [9.17, 15) is 8.78 Å². The first-order chi connectivity index (χ1) is 17.6. The van der Waals surface area contributed by atoms with Crippen molar-refractivity contribution < 1.29 is 8.78 Å². The highest BCUT2D eigenvalue weighted by molar-refractivity contribution is 5.49. The molecule has 0 N–H and O–H groups in total. The van der Waals surface area contributed by atoms with Gasteiger partial charge in [0.1, 0.15) is 11.6 Å². The van der Waals surface area contributed by atoms with E-state index in [1.54, 1.807) is 0 Å². The summed E-state index contributed by atoms with van der Waals surface area (Å²) in [7, 11) is 0. The summed E-state index contributed by atoms with van der Waals surface area (Å²) in [5.41, 5.74) is 4.11. The zero-order chi connectivity index (χ0) is 25.6. The van der Waals surface area contributed by atoms with Crippen LogP contribution in [0, 0.1) is 35.3 Å². The lowest BCUT2D eigenvalue weighted by molar-refractivity contribution is 0.575. The van der Waals surface area contributed by atoms with Crippen LogP contribution in [0.15, 0.2) is 60.7 Å². The summed E-state index contributed by atoms with van der Waals surface area (Å²) in [6.07, 6.45) is 12.5. The number of benzene rings is 3. The smallest absolute Gasteiger partial charge is 0.140 e. The molecule has 3 aromatic carbocycles. The molecule has 36 heavy (non-hydrogen) atoms. The Morgan fingerprint density at radius 2 is 0.972 bits per heavy atom. The molecule has 0 aliphatic carbocycles. The standard InChI is InChI=1S/C34H36F2/c1-3-5-6-7-8-9-10-11-12-28-17-19-30(20-18-28)22-24-32-26-33(35)31(25-34(32)36)23-21-29-15-13-27(4-2)14-16-29/h13-20,25-26H,3-12H2,1-2H3. The Labute approximate surface area is 216 Å². The maximum absolute atomic E-state index is 14.6. The minimum absolute atomic E-state index is 0.0305. The number of hydrogen-bond donors (Lipinski definition) is 0. The molecule has 186 valence electrons. The number of unbranched alkanes of at least 4 members (excludes halogenated alkanes) is 7. The van der Waals surface area contributed by atoms with Gasteiger partial charge in [0, 0.05) is 11.1 Å². The minimum atomic E-state index is -0.570. The second-order valence-corrected chi connectivity index (χ2v) is 9.28. The van der Waals surface area contributed by atoms with Crippen LogP contribution in [0.25, 0.3) is 0 Å².